The first-order chi connectivity index (χ1) is 13.9. The van der Waals surface area contributed by atoms with Crippen molar-refractivity contribution in [2.75, 3.05) is 12.4 Å². The number of nitrogens with one attached hydrogen (secondary N) is 1. The van der Waals surface area contributed by atoms with Crippen LogP contribution >= 0.6 is 23.2 Å². The van der Waals surface area contributed by atoms with Gasteiger partial charge in [0.2, 0.25) is 5.89 Å². The highest BCUT2D eigenvalue weighted by atomic mass is 35.5. The van der Waals surface area contributed by atoms with Gasteiger partial charge >= 0.3 is 0 Å². The number of amides is 1. The molecule has 0 saturated heterocycles. The largest absolute Gasteiger partial charge is 0.494 e. The molecule has 0 aliphatic carbocycles. The Morgan fingerprint density at radius 2 is 1.83 bits per heavy atom. The van der Waals surface area contributed by atoms with Crippen LogP contribution in [0.25, 0.3) is 22.6 Å². The van der Waals surface area contributed by atoms with Crippen LogP contribution in [0.3, 0.4) is 0 Å². The van der Waals surface area contributed by atoms with Crippen LogP contribution in [-0.2, 0) is 0 Å². The van der Waals surface area contributed by atoms with Crippen molar-refractivity contribution >= 4 is 45.9 Å². The van der Waals surface area contributed by atoms with E-state index in [0.717, 1.165) is 22.2 Å². The number of benzene rings is 3. The third kappa shape index (κ3) is 3.92. The standard InChI is InChI=1S/C22H16Cl2N2O3/c1-12-3-8-19-18(9-12)26-22(29-19)13-4-6-15(7-5-13)25-21(27)16-10-14(23)11-17(24)20(16)28-2/h3-11H,1-2H3,(H,25,27). The topological polar surface area (TPSA) is 64.4 Å². The van der Waals surface area contributed by atoms with Crippen molar-refractivity contribution in [2.45, 2.75) is 6.92 Å². The van der Waals surface area contributed by atoms with Gasteiger partial charge in [0.15, 0.2) is 5.58 Å². The minimum atomic E-state index is -0.378. The van der Waals surface area contributed by atoms with Crippen LogP contribution in [0.2, 0.25) is 10.0 Å². The van der Waals surface area contributed by atoms with E-state index in [-0.39, 0.29) is 22.2 Å². The fourth-order valence-electron chi connectivity index (χ4n) is 2.99. The van der Waals surface area contributed by atoms with Gasteiger partial charge in [-0.15, -0.1) is 0 Å². The summed E-state index contributed by atoms with van der Waals surface area (Å²) in [6.45, 7) is 2.01. The zero-order chi connectivity index (χ0) is 20.5. The van der Waals surface area contributed by atoms with Crippen molar-refractivity contribution in [1.29, 1.82) is 0 Å². The SMILES string of the molecule is COc1c(Cl)cc(Cl)cc1C(=O)Nc1ccc(-c2nc3cc(C)ccc3o2)cc1. The molecule has 0 aliphatic rings. The minimum Gasteiger partial charge on any atom is -0.494 e. The van der Waals surface area contributed by atoms with Crippen LogP contribution in [0.5, 0.6) is 5.75 Å². The molecule has 1 heterocycles. The predicted octanol–water partition coefficient (Wildman–Crippen LogP) is 6.37. The highest BCUT2D eigenvalue weighted by molar-refractivity contribution is 6.36. The van der Waals surface area contributed by atoms with E-state index in [1.54, 1.807) is 12.1 Å². The number of methoxy groups -OCH3 is 1. The van der Waals surface area contributed by atoms with Crippen molar-refractivity contribution in [3.8, 4) is 17.2 Å². The average molecular weight is 427 g/mol. The molecule has 7 heteroatoms. The van der Waals surface area contributed by atoms with Crippen LogP contribution in [-0.4, -0.2) is 18.0 Å². The third-order valence-corrected chi connectivity index (χ3v) is 4.89. The molecule has 0 fully saturated rings. The van der Waals surface area contributed by atoms with Crippen molar-refractivity contribution in [3.05, 3.63) is 75.8 Å². The minimum absolute atomic E-state index is 0.253. The zero-order valence-corrected chi connectivity index (χ0v) is 17.1. The summed E-state index contributed by atoms with van der Waals surface area (Å²) >= 11 is 12.1. The van der Waals surface area contributed by atoms with Gasteiger partial charge in [0.1, 0.15) is 11.3 Å². The van der Waals surface area contributed by atoms with Crippen molar-refractivity contribution in [2.24, 2.45) is 0 Å². The highest BCUT2D eigenvalue weighted by Gasteiger charge is 2.17. The molecule has 146 valence electrons. The Balaban J connectivity index is 1.57. The van der Waals surface area contributed by atoms with E-state index in [9.17, 15) is 4.79 Å². The quantitative estimate of drug-likeness (QED) is 0.411. The third-order valence-electron chi connectivity index (χ3n) is 4.39. The molecule has 0 atom stereocenters. The van der Waals surface area contributed by atoms with Gasteiger partial charge in [-0.05, 0) is 61.0 Å². The number of aryl methyl sites for hydroxylation is 1. The maximum absolute atomic E-state index is 12.7. The van der Waals surface area contributed by atoms with Gasteiger partial charge in [-0.3, -0.25) is 4.79 Å². The van der Waals surface area contributed by atoms with Gasteiger partial charge in [0.25, 0.3) is 5.91 Å². The lowest BCUT2D eigenvalue weighted by Crippen LogP contribution is -2.13. The van der Waals surface area contributed by atoms with E-state index in [0.29, 0.717) is 16.6 Å². The molecule has 1 aromatic heterocycles. The number of fused-ring (bicyclic) bond motifs is 1. The summed E-state index contributed by atoms with van der Waals surface area (Å²) in [6, 6.07) is 16.1. The molecule has 0 bridgehead atoms. The van der Waals surface area contributed by atoms with Gasteiger partial charge in [-0.1, -0.05) is 29.3 Å². The van der Waals surface area contributed by atoms with Gasteiger partial charge in [0, 0.05) is 16.3 Å². The molecule has 1 N–H and O–H groups in total. The molecular formula is C22H16Cl2N2O3. The molecule has 1 amide bonds. The summed E-state index contributed by atoms with van der Waals surface area (Å²) in [4.78, 5) is 17.2. The van der Waals surface area contributed by atoms with E-state index in [1.807, 2.05) is 37.3 Å². The number of halogens is 2. The Morgan fingerprint density at radius 3 is 2.55 bits per heavy atom. The van der Waals surface area contributed by atoms with Crippen LogP contribution in [0, 0.1) is 6.92 Å². The summed E-state index contributed by atoms with van der Waals surface area (Å²) in [5, 5.41) is 3.43. The van der Waals surface area contributed by atoms with Crippen LogP contribution in [0.15, 0.2) is 59.0 Å². The van der Waals surface area contributed by atoms with Crippen LogP contribution < -0.4 is 10.1 Å². The lowest BCUT2D eigenvalue weighted by atomic mass is 10.1. The molecule has 5 nitrogen and oxygen atoms in total. The first-order valence-electron chi connectivity index (χ1n) is 8.76. The second-order valence-electron chi connectivity index (χ2n) is 6.49. The summed E-state index contributed by atoms with van der Waals surface area (Å²) in [5.41, 5.74) is 4.31. The maximum atomic E-state index is 12.7. The summed E-state index contributed by atoms with van der Waals surface area (Å²) < 4.78 is 11.0. The second kappa shape index (κ2) is 7.78. The number of oxazole rings is 1. The fraction of sp³-hybridized carbons (Fsp3) is 0.0909. The van der Waals surface area contributed by atoms with Crippen LogP contribution in [0.1, 0.15) is 15.9 Å². The molecular weight excluding hydrogens is 411 g/mol. The van der Waals surface area contributed by atoms with E-state index in [2.05, 4.69) is 10.3 Å². The Kier molecular flexibility index (Phi) is 5.18. The zero-order valence-electron chi connectivity index (χ0n) is 15.6. The number of ether oxygens (including phenoxy) is 1. The van der Waals surface area contributed by atoms with Gasteiger partial charge in [0.05, 0.1) is 17.7 Å². The molecule has 0 unspecified atom stereocenters. The molecule has 0 spiro atoms. The Morgan fingerprint density at radius 1 is 1.07 bits per heavy atom. The molecule has 4 rings (SSSR count). The lowest BCUT2D eigenvalue weighted by Gasteiger charge is -2.11. The van der Waals surface area contributed by atoms with E-state index in [1.165, 1.54) is 19.2 Å². The van der Waals surface area contributed by atoms with Gasteiger partial charge in [-0.25, -0.2) is 4.98 Å². The molecule has 3 aromatic carbocycles. The molecule has 0 aliphatic heterocycles. The number of carbonyl (C=O) groups excluding carboxylic acids is 1. The van der Waals surface area contributed by atoms with Crippen molar-refractivity contribution in [3.63, 3.8) is 0 Å². The highest BCUT2D eigenvalue weighted by Crippen LogP contribution is 2.33. The van der Waals surface area contributed by atoms with E-state index in [4.69, 9.17) is 32.4 Å². The number of hydrogen-bond donors (Lipinski definition) is 1. The Labute approximate surface area is 177 Å². The number of aromatic nitrogens is 1. The first-order valence-corrected chi connectivity index (χ1v) is 9.52. The van der Waals surface area contributed by atoms with Crippen LogP contribution in [0.4, 0.5) is 5.69 Å². The Bertz CT molecular complexity index is 1220. The van der Waals surface area contributed by atoms with Crippen molar-refractivity contribution < 1.29 is 13.9 Å². The summed E-state index contributed by atoms with van der Waals surface area (Å²) in [7, 11) is 1.45. The first kappa shape index (κ1) is 19.3. The number of nitrogens with zero attached hydrogens (tertiary/aromatic N) is 1. The summed E-state index contributed by atoms with van der Waals surface area (Å²) in [5.74, 6) is 0.412. The molecule has 0 radical (unpaired) electrons. The van der Waals surface area contributed by atoms with Crippen molar-refractivity contribution in [1.82, 2.24) is 4.98 Å². The average Bonchev–Trinajstić information content (AvgIpc) is 3.11. The smallest absolute Gasteiger partial charge is 0.259 e. The Hall–Kier alpha value is -3.02. The molecule has 4 aromatic rings. The monoisotopic (exact) mass is 426 g/mol. The van der Waals surface area contributed by atoms with E-state index >= 15 is 0 Å². The number of hydrogen-bond acceptors (Lipinski definition) is 4. The second-order valence-corrected chi connectivity index (χ2v) is 7.33. The maximum Gasteiger partial charge on any atom is 0.259 e. The number of anilines is 1. The number of carbonyl (C=O) groups is 1. The van der Waals surface area contributed by atoms with E-state index < -0.39 is 0 Å². The normalized spacial score (nSPS) is 10.9. The van der Waals surface area contributed by atoms with Gasteiger partial charge < -0.3 is 14.5 Å². The lowest BCUT2D eigenvalue weighted by molar-refractivity contribution is 0.102. The van der Waals surface area contributed by atoms with Gasteiger partial charge in [-0.2, -0.15) is 0 Å². The predicted molar refractivity (Wildman–Crippen MR) is 115 cm³/mol. The molecule has 29 heavy (non-hydrogen) atoms. The molecule has 0 saturated carbocycles. The number of rotatable bonds is 4. The fourth-order valence-corrected chi connectivity index (χ4v) is 3.56. The summed E-state index contributed by atoms with van der Waals surface area (Å²) in [6.07, 6.45) is 0.